The summed E-state index contributed by atoms with van der Waals surface area (Å²) in [6.07, 6.45) is 2.94. The van der Waals surface area contributed by atoms with Crippen LogP contribution in [-0.2, 0) is 9.84 Å². The zero-order chi connectivity index (χ0) is 13.8. The zero-order valence-corrected chi connectivity index (χ0v) is 12.6. The first-order chi connectivity index (χ1) is 8.37. The molecule has 0 spiro atoms. The number of hydrogen-bond donors (Lipinski definition) is 0. The van der Waals surface area contributed by atoms with Gasteiger partial charge in [0.15, 0.2) is 9.84 Å². The molecule has 0 bridgehead atoms. The Morgan fingerprint density at radius 2 is 1.67 bits per heavy atom. The quantitative estimate of drug-likeness (QED) is 0.782. The van der Waals surface area contributed by atoms with Gasteiger partial charge in [-0.1, -0.05) is 44.4 Å². The van der Waals surface area contributed by atoms with Gasteiger partial charge in [0, 0.05) is 0 Å². The highest BCUT2D eigenvalue weighted by Gasteiger charge is 2.24. The molecule has 0 radical (unpaired) electrons. The molecule has 0 aliphatic rings. The van der Waals surface area contributed by atoms with Crippen LogP contribution >= 0.6 is 0 Å². The molecule has 0 fully saturated rings. The van der Waals surface area contributed by atoms with Gasteiger partial charge >= 0.3 is 0 Å². The maximum atomic E-state index is 12.4. The minimum atomic E-state index is -3.17. The summed E-state index contributed by atoms with van der Waals surface area (Å²) in [4.78, 5) is 0.448. The molecule has 0 saturated carbocycles. The Labute approximate surface area is 111 Å². The third-order valence-electron chi connectivity index (χ3n) is 3.40. The molecule has 2 unspecified atom stereocenters. The van der Waals surface area contributed by atoms with Crippen molar-refractivity contribution in [1.29, 1.82) is 0 Å². The summed E-state index contributed by atoms with van der Waals surface area (Å²) in [5.74, 6) is 0.463. The van der Waals surface area contributed by atoms with Crippen LogP contribution in [0.25, 0.3) is 0 Å². The van der Waals surface area contributed by atoms with Gasteiger partial charge in [-0.2, -0.15) is 0 Å². The number of rotatable bonds is 6. The van der Waals surface area contributed by atoms with Gasteiger partial charge in [-0.05, 0) is 38.3 Å². The summed E-state index contributed by atoms with van der Waals surface area (Å²) in [7, 11) is -3.17. The highest BCUT2D eigenvalue weighted by atomic mass is 32.2. The fourth-order valence-electron chi connectivity index (χ4n) is 2.26. The first kappa shape index (κ1) is 15.2. The van der Waals surface area contributed by atoms with Crippen molar-refractivity contribution in [3.05, 3.63) is 29.8 Å². The summed E-state index contributed by atoms with van der Waals surface area (Å²) in [6, 6.07) is 7.14. The lowest BCUT2D eigenvalue weighted by molar-refractivity contribution is 0.472. The van der Waals surface area contributed by atoms with Gasteiger partial charge in [-0.15, -0.1) is 0 Å². The maximum Gasteiger partial charge on any atom is 0.180 e. The minimum absolute atomic E-state index is 0.304. The number of aryl methyl sites for hydroxylation is 1. The minimum Gasteiger partial charge on any atom is -0.223 e. The van der Waals surface area contributed by atoms with E-state index in [-0.39, 0.29) is 5.25 Å². The standard InChI is InChI=1S/C15H24O2S/c1-5-6-13(3)11-14(4)18(16,17)15-9-7-12(2)8-10-15/h7-10,13-14H,5-6,11H2,1-4H3. The molecule has 1 rings (SSSR count). The first-order valence-electron chi connectivity index (χ1n) is 6.68. The summed E-state index contributed by atoms with van der Waals surface area (Å²) in [5.41, 5.74) is 1.08. The van der Waals surface area contributed by atoms with Gasteiger partial charge in [0.05, 0.1) is 10.1 Å². The van der Waals surface area contributed by atoms with Crippen LogP contribution < -0.4 is 0 Å². The second kappa shape index (κ2) is 6.37. The smallest absolute Gasteiger partial charge is 0.180 e. The zero-order valence-electron chi connectivity index (χ0n) is 11.8. The molecule has 0 aromatic heterocycles. The van der Waals surface area contributed by atoms with Gasteiger partial charge in [0.1, 0.15) is 0 Å². The lowest BCUT2D eigenvalue weighted by atomic mass is 10.0. The molecule has 102 valence electrons. The van der Waals surface area contributed by atoms with Gasteiger partial charge in [0.2, 0.25) is 0 Å². The van der Waals surface area contributed by atoms with Crippen LogP contribution in [0, 0.1) is 12.8 Å². The molecule has 2 nitrogen and oxygen atoms in total. The van der Waals surface area contributed by atoms with Crippen LogP contribution in [-0.4, -0.2) is 13.7 Å². The van der Waals surface area contributed by atoms with Crippen molar-refractivity contribution in [1.82, 2.24) is 0 Å². The molecule has 0 aliphatic carbocycles. The fourth-order valence-corrected chi connectivity index (χ4v) is 3.83. The number of benzene rings is 1. The Morgan fingerprint density at radius 1 is 1.11 bits per heavy atom. The molecular weight excluding hydrogens is 244 g/mol. The third-order valence-corrected chi connectivity index (χ3v) is 5.58. The predicted molar refractivity (Wildman–Crippen MR) is 76.5 cm³/mol. The van der Waals surface area contributed by atoms with E-state index >= 15 is 0 Å². The van der Waals surface area contributed by atoms with E-state index in [0.29, 0.717) is 10.8 Å². The third kappa shape index (κ3) is 3.84. The summed E-state index contributed by atoms with van der Waals surface area (Å²) in [5, 5.41) is -0.304. The van der Waals surface area contributed by atoms with Crippen molar-refractivity contribution in [3.8, 4) is 0 Å². The van der Waals surface area contributed by atoms with Crippen LogP contribution in [0.2, 0.25) is 0 Å². The molecular formula is C15H24O2S. The molecule has 18 heavy (non-hydrogen) atoms. The van der Waals surface area contributed by atoms with E-state index in [1.807, 2.05) is 26.0 Å². The largest absolute Gasteiger partial charge is 0.223 e. The van der Waals surface area contributed by atoms with E-state index in [4.69, 9.17) is 0 Å². The molecule has 0 aliphatic heterocycles. The summed E-state index contributed by atoms with van der Waals surface area (Å²) >= 11 is 0. The van der Waals surface area contributed by atoms with E-state index in [9.17, 15) is 8.42 Å². The van der Waals surface area contributed by atoms with Gasteiger partial charge in [0.25, 0.3) is 0 Å². The molecule has 1 aromatic carbocycles. The van der Waals surface area contributed by atoms with Crippen molar-refractivity contribution in [3.63, 3.8) is 0 Å². The van der Waals surface area contributed by atoms with Crippen LogP contribution in [0.4, 0.5) is 0 Å². The Bertz CT molecular complexity index is 460. The summed E-state index contributed by atoms with van der Waals surface area (Å²) in [6.45, 7) is 8.05. The van der Waals surface area contributed by atoms with E-state index in [1.165, 1.54) is 0 Å². The fraction of sp³-hybridized carbons (Fsp3) is 0.600. The van der Waals surface area contributed by atoms with Crippen LogP contribution in [0.3, 0.4) is 0 Å². The van der Waals surface area contributed by atoms with Crippen molar-refractivity contribution in [2.45, 2.75) is 57.1 Å². The molecule has 2 atom stereocenters. The topological polar surface area (TPSA) is 34.1 Å². The maximum absolute atomic E-state index is 12.4. The lowest BCUT2D eigenvalue weighted by Gasteiger charge is -2.17. The van der Waals surface area contributed by atoms with E-state index in [2.05, 4.69) is 13.8 Å². The predicted octanol–water partition coefficient (Wildman–Crippen LogP) is 3.98. The monoisotopic (exact) mass is 268 g/mol. The van der Waals surface area contributed by atoms with Crippen molar-refractivity contribution < 1.29 is 8.42 Å². The molecule has 0 saturated heterocycles. The van der Waals surface area contributed by atoms with Gasteiger partial charge in [-0.25, -0.2) is 8.42 Å². The molecule has 0 heterocycles. The Hall–Kier alpha value is -0.830. The Morgan fingerprint density at radius 3 is 2.17 bits per heavy atom. The van der Waals surface area contributed by atoms with E-state index < -0.39 is 9.84 Å². The second-order valence-electron chi connectivity index (χ2n) is 5.30. The number of hydrogen-bond acceptors (Lipinski definition) is 2. The normalized spacial score (nSPS) is 15.3. The summed E-state index contributed by atoms with van der Waals surface area (Å²) < 4.78 is 24.8. The van der Waals surface area contributed by atoms with Crippen molar-refractivity contribution >= 4 is 9.84 Å². The highest BCUT2D eigenvalue weighted by Crippen LogP contribution is 2.23. The second-order valence-corrected chi connectivity index (χ2v) is 7.66. The van der Waals surface area contributed by atoms with E-state index in [0.717, 1.165) is 24.8 Å². The van der Waals surface area contributed by atoms with E-state index in [1.54, 1.807) is 12.1 Å². The average molecular weight is 268 g/mol. The number of sulfone groups is 1. The Kier molecular flexibility index (Phi) is 5.39. The van der Waals surface area contributed by atoms with Gasteiger partial charge in [-0.3, -0.25) is 0 Å². The molecule has 0 amide bonds. The first-order valence-corrected chi connectivity index (χ1v) is 8.23. The van der Waals surface area contributed by atoms with Crippen molar-refractivity contribution in [2.75, 3.05) is 0 Å². The lowest BCUT2D eigenvalue weighted by Crippen LogP contribution is -2.20. The van der Waals surface area contributed by atoms with Crippen LogP contribution in [0.15, 0.2) is 29.2 Å². The average Bonchev–Trinajstić information content (AvgIpc) is 2.29. The SMILES string of the molecule is CCCC(C)CC(C)S(=O)(=O)c1ccc(C)cc1. The van der Waals surface area contributed by atoms with Crippen molar-refractivity contribution in [2.24, 2.45) is 5.92 Å². The molecule has 1 aromatic rings. The molecule has 0 N–H and O–H groups in total. The molecule has 3 heteroatoms. The van der Waals surface area contributed by atoms with Gasteiger partial charge < -0.3 is 0 Å². The van der Waals surface area contributed by atoms with Crippen LogP contribution in [0.1, 0.15) is 45.6 Å². The Balaban J connectivity index is 2.83. The van der Waals surface area contributed by atoms with Crippen LogP contribution in [0.5, 0.6) is 0 Å². The highest BCUT2D eigenvalue weighted by molar-refractivity contribution is 7.92.